The molecule has 0 aromatic heterocycles. The predicted octanol–water partition coefficient (Wildman–Crippen LogP) is 0.556. The van der Waals surface area contributed by atoms with Gasteiger partial charge in [-0.05, 0) is 17.7 Å². The summed E-state index contributed by atoms with van der Waals surface area (Å²) in [7, 11) is 0. The van der Waals surface area contributed by atoms with Gasteiger partial charge >= 0.3 is 5.97 Å². The Bertz CT molecular complexity index is 479. The van der Waals surface area contributed by atoms with Crippen molar-refractivity contribution in [3.8, 4) is 11.5 Å². The van der Waals surface area contributed by atoms with Gasteiger partial charge in [0.1, 0.15) is 25.4 Å². The predicted molar refractivity (Wildman–Crippen MR) is 63.0 cm³/mol. The lowest BCUT2D eigenvalue weighted by atomic mass is 10.0. The third-order valence-corrected chi connectivity index (χ3v) is 2.87. The lowest BCUT2D eigenvalue weighted by Crippen LogP contribution is -2.36. The second-order valence-corrected chi connectivity index (χ2v) is 4.24. The zero-order chi connectivity index (χ0) is 13.3. The number of aliphatic hydroxyl groups excluding tert-OH is 1. The van der Waals surface area contributed by atoms with Gasteiger partial charge in [0.15, 0.2) is 11.5 Å². The van der Waals surface area contributed by atoms with E-state index in [9.17, 15) is 9.90 Å². The molecule has 1 aromatic rings. The van der Waals surface area contributed by atoms with Crippen LogP contribution in [0.3, 0.4) is 0 Å². The number of halogens is 1. The van der Waals surface area contributed by atoms with Crippen LogP contribution in [-0.2, 0) is 4.79 Å². The van der Waals surface area contributed by atoms with E-state index < -0.39 is 18.1 Å². The molecular formula is C11H12ClNO5. The van der Waals surface area contributed by atoms with Crippen molar-refractivity contribution in [1.29, 1.82) is 0 Å². The van der Waals surface area contributed by atoms with E-state index in [2.05, 4.69) is 0 Å². The molecule has 0 saturated heterocycles. The van der Waals surface area contributed by atoms with Crippen LogP contribution in [0.2, 0.25) is 5.02 Å². The minimum absolute atomic E-state index is 0.249. The number of carbonyl (C=O) groups is 1. The smallest absolute Gasteiger partial charge is 0.323 e. The van der Waals surface area contributed by atoms with E-state index in [4.69, 9.17) is 31.9 Å². The zero-order valence-electron chi connectivity index (χ0n) is 9.30. The molecule has 1 aliphatic heterocycles. The number of nitrogens with two attached hydrogens (primary N) is 1. The summed E-state index contributed by atoms with van der Waals surface area (Å²) in [5.74, 6) is -0.531. The molecule has 18 heavy (non-hydrogen) atoms. The van der Waals surface area contributed by atoms with Crippen LogP contribution in [0.1, 0.15) is 11.7 Å². The Labute approximate surface area is 108 Å². The van der Waals surface area contributed by atoms with Gasteiger partial charge in [0, 0.05) is 0 Å². The van der Waals surface area contributed by atoms with E-state index in [0.717, 1.165) is 0 Å². The number of rotatable bonds is 3. The number of aliphatic hydroxyl groups is 1. The van der Waals surface area contributed by atoms with Gasteiger partial charge in [-0.2, -0.15) is 0 Å². The van der Waals surface area contributed by atoms with E-state index in [-0.39, 0.29) is 10.6 Å². The number of carboxylic acid groups (broad SMARTS) is 1. The molecule has 4 N–H and O–H groups in total. The fourth-order valence-corrected chi connectivity index (χ4v) is 1.92. The first-order valence-corrected chi connectivity index (χ1v) is 5.64. The van der Waals surface area contributed by atoms with Crippen molar-refractivity contribution in [2.24, 2.45) is 5.73 Å². The van der Waals surface area contributed by atoms with E-state index in [1.54, 1.807) is 0 Å². The van der Waals surface area contributed by atoms with Gasteiger partial charge in [0.25, 0.3) is 0 Å². The highest BCUT2D eigenvalue weighted by molar-refractivity contribution is 6.32. The number of hydrogen-bond acceptors (Lipinski definition) is 5. The Hall–Kier alpha value is -1.50. The summed E-state index contributed by atoms with van der Waals surface area (Å²) in [5, 5.41) is 18.8. The standard InChI is InChI=1S/C11H12ClNO5/c12-6-3-5(9(14)8(13)11(15)16)4-7-10(6)18-2-1-17-7/h3-4,8-9,14H,1-2,13H2,(H,15,16). The zero-order valence-corrected chi connectivity index (χ0v) is 10.1. The van der Waals surface area contributed by atoms with Gasteiger partial charge in [0.05, 0.1) is 5.02 Å². The number of ether oxygens (including phenoxy) is 2. The average Bonchev–Trinajstić information content (AvgIpc) is 2.36. The molecule has 0 saturated carbocycles. The molecule has 2 atom stereocenters. The third-order valence-electron chi connectivity index (χ3n) is 2.59. The van der Waals surface area contributed by atoms with Crippen LogP contribution in [0, 0.1) is 0 Å². The van der Waals surface area contributed by atoms with Gasteiger partial charge < -0.3 is 25.4 Å². The minimum Gasteiger partial charge on any atom is -0.486 e. The fourth-order valence-electron chi connectivity index (χ4n) is 1.64. The molecule has 0 radical (unpaired) electrons. The Kier molecular flexibility index (Phi) is 3.60. The number of benzene rings is 1. The maximum Gasteiger partial charge on any atom is 0.323 e. The minimum atomic E-state index is -1.43. The van der Waals surface area contributed by atoms with Crippen molar-refractivity contribution in [2.45, 2.75) is 12.1 Å². The fraction of sp³-hybridized carbons (Fsp3) is 0.364. The van der Waals surface area contributed by atoms with Crippen LogP contribution in [-0.4, -0.2) is 35.4 Å². The maximum atomic E-state index is 10.7. The molecule has 7 heteroatoms. The summed E-state index contributed by atoms with van der Waals surface area (Å²) in [5.41, 5.74) is 5.63. The summed E-state index contributed by atoms with van der Waals surface area (Å²) in [6, 6.07) is 1.47. The van der Waals surface area contributed by atoms with Crippen LogP contribution >= 0.6 is 11.6 Å². The lowest BCUT2D eigenvalue weighted by Gasteiger charge is -2.22. The molecule has 98 valence electrons. The molecule has 1 aliphatic rings. The highest BCUT2D eigenvalue weighted by atomic mass is 35.5. The first-order chi connectivity index (χ1) is 8.50. The molecule has 0 bridgehead atoms. The lowest BCUT2D eigenvalue weighted by molar-refractivity contribution is -0.141. The van der Waals surface area contributed by atoms with E-state index in [0.29, 0.717) is 24.7 Å². The van der Waals surface area contributed by atoms with Crippen LogP contribution in [0.4, 0.5) is 0 Å². The van der Waals surface area contributed by atoms with E-state index in [1.165, 1.54) is 12.1 Å². The molecule has 0 spiro atoms. The quantitative estimate of drug-likeness (QED) is 0.744. The number of carboxylic acids is 1. The number of aliphatic carboxylic acids is 1. The van der Waals surface area contributed by atoms with Crippen LogP contribution in [0.25, 0.3) is 0 Å². The highest BCUT2D eigenvalue weighted by Crippen LogP contribution is 2.39. The Balaban J connectivity index is 2.35. The molecule has 0 aliphatic carbocycles. The summed E-state index contributed by atoms with van der Waals surface area (Å²) in [6.45, 7) is 0.761. The SMILES string of the molecule is NC(C(=O)O)C(O)c1cc(Cl)c2c(c1)OCCO2. The molecule has 6 nitrogen and oxygen atoms in total. The first-order valence-electron chi connectivity index (χ1n) is 5.26. The van der Waals surface area contributed by atoms with Crippen molar-refractivity contribution in [1.82, 2.24) is 0 Å². The van der Waals surface area contributed by atoms with Crippen molar-refractivity contribution in [3.05, 3.63) is 22.7 Å². The van der Waals surface area contributed by atoms with Gasteiger partial charge in [-0.15, -0.1) is 0 Å². The molecule has 2 rings (SSSR count). The second kappa shape index (κ2) is 5.01. The van der Waals surface area contributed by atoms with Crippen LogP contribution < -0.4 is 15.2 Å². The first kappa shape index (κ1) is 12.9. The summed E-state index contributed by atoms with van der Waals surface area (Å²) in [6.07, 6.45) is -1.36. The maximum absolute atomic E-state index is 10.7. The third kappa shape index (κ3) is 2.35. The molecule has 0 amide bonds. The van der Waals surface area contributed by atoms with E-state index in [1.807, 2.05) is 0 Å². The molecule has 1 heterocycles. The second-order valence-electron chi connectivity index (χ2n) is 3.84. The molecule has 0 fully saturated rings. The average molecular weight is 274 g/mol. The van der Waals surface area contributed by atoms with Gasteiger partial charge in [-0.1, -0.05) is 11.6 Å². The van der Waals surface area contributed by atoms with Crippen molar-refractivity contribution in [3.63, 3.8) is 0 Å². The highest BCUT2D eigenvalue weighted by Gasteiger charge is 2.26. The monoisotopic (exact) mass is 273 g/mol. The van der Waals surface area contributed by atoms with Crippen LogP contribution in [0.5, 0.6) is 11.5 Å². The Morgan fingerprint density at radius 1 is 1.39 bits per heavy atom. The van der Waals surface area contributed by atoms with Crippen molar-refractivity contribution < 1.29 is 24.5 Å². The van der Waals surface area contributed by atoms with Gasteiger partial charge in [-0.3, -0.25) is 4.79 Å². The topological polar surface area (TPSA) is 102 Å². The Morgan fingerprint density at radius 3 is 2.72 bits per heavy atom. The Morgan fingerprint density at radius 2 is 2.06 bits per heavy atom. The van der Waals surface area contributed by atoms with Gasteiger partial charge in [0.2, 0.25) is 0 Å². The number of fused-ring (bicyclic) bond motifs is 1. The molecule has 2 unspecified atom stereocenters. The normalized spacial score (nSPS) is 17.1. The molecular weight excluding hydrogens is 262 g/mol. The summed E-state index contributed by atoms with van der Waals surface area (Å²) in [4.78, 5) is 10.7. The largest absolute Gasteiger partial charge is 0.486 e. The number of hydrogen-bond donors (Lipinski definition) is 3. The van der Waals surface area contributed by atoms with Crippen LogP contribution in [0.15, 0.2) is 12.1 Å². The van der Waals surface area contributed by atoms with E-state index >= 15 is 0 Å². The molecule has 1 aromatic carbocycles. The summed E-state index contributed by atoms with van der Waals surface area (Å²) >= 11 is 5.97. The van der Waals surface area contributed by atoms with Gasteiger partial charge in [-0.25, -0.2) is 0 Å². The van der Waals surface area contributed by atoms with Crippen molar-refractivity contribution in [2.75, 3.05) is 13.2 Å². The van der Waals surface area contributed by atoms with Crippen molar-refractivity contribution >= 4 is 17.6 Å². The summed E-state index contributed by atoms with van der Waals surface area (Å²) < 4.78 is 10.6.